The van der Waals surface area contributed by atoms with Crippen LogP contribution in [0.15, 0.2) is 24.3 Å². The van der Waals surface area contributed by atoms with Crippen LogP contribution in [0.4, 0.5) is 0 Å². The predicted octanol–water partition coefficient (Wildman–Crippen LogP) is 8.26. The smallest absolute Gasteiger partial charge is 0.119 e. The molecule has 3 rings (SSSR count). The quantitative estimate of drug-likeness (QED) is 0.177. The third-order valence-electron chi connectivity index (χ3n) is 7.94. The van der Waals surface area contributed by atoms with Crippen LogP contribution in [0.3, 0.4) is 0 Å². The zero-order chi connectivity index (χ0) is 21.0. The van der Waals surface area contributed by atoms with Crippen molar-refractivity contribution in [1.82, 2.24) is 0 Å². The lowest BCUT2D eigenvalue weighted by atomic mass is 9.73. The van der Waals surface area contributed by atoms with E-state index in [4.69, 9.17) is 16.3 Å². The maximum absolute atomic E-state index is 5.70. The predicted molar refractivity (Wildman–Crippen MR) is 135 cm³/mol. The van der Waals surface area contributed by atoms with Crippen molar-refractivity contribution in [3.8, 4) is 5.75 Å². The molecule has 0 radical (unpaired) electrons. The Kier molecular flexibility index (Phi) is 11.1. The number of halogens is 1. The Morgan fingerprint density at radius 1 is 0.900 bits per heavy atom. The second kappa shape index (κ2) is 13.8. The average Bonchev–Trinajstić information content (AvgIpc) is 2.79. The van der Waals surface area contributed by atoms with Crippen molar-refractivity contribution in [3.63, 3.8) is 0 Å². The van der Waals surface area contributed by atoms with Gasteiger partial charge >= 0.3 is 0 Å². The Morgan fingerprint density at radius 3 is 2.27 bits per heavy atom. The lowest BCUT2D eigenvalue weighted by molar-refractivity contribution is 0.184. The van der Waals surface area contributed by atoms with Gasteiger partial charge < -0.3 is 4.74 Å². The van der Waals surface area contributed by atoms with Gasteiger partial charge in [0.2, 0.25) is 0 Å². The van der Waals surface area contributed by atoms with Crippen LogP contribution in [0.2, 0.25) is 18.1 Å². The number of ether oxygens (including phenoxy) is 1. The third-order valence-corrected chi connectivity index (χ3v) is 11.9. The molecule has 1 saturated heterocycles. The van der Waals surface area contributed by atoms with E-state index >= 15 is 0 Å². The minimum atomic E-state index is -0.298. The van der Waals surface area contributed by atoms with E-state index in [1.807, 2.05) is 0 Å². The molecule has 0 spiro atoms. The Balaban J connectivity index is 1.25. The molecule has 0 aromatic heterocycles. The fraction of sp³-hybridized carbons (Fsp3) is 0.778. The molecule has 1 aliphatic heterocycles. The fourth-order valence-corrected chi connectivity index (χ4v) is 9.65. The van der Waals surface area contributed by atoms with Crippen molar-refractivity contribution < 1.29 is 4.74 Å². The second-order valence-corrected chi connectivity index (χ2v) is 14.0. The van der Waals surface area contributed by atoms with Crippen molar-refractivity contribution in [1.29, 1.82) is 0 Å². The van der Waals surface area contributed by atoms with Gasteiger partial charge in [0.1, 0.15) is 5.75 Å². The summed E-state index contributed by atoms with van der Waals surface area (Å²) in [5.41, 5.74) is 1.45. The van der Waals surface area contributed by atoms with Gasteiger partial charge in [0.25, 0.3) is 0 Å². The van der Waals surface area contributed by atoms with Crippen LogP contribution in [-0.4, -0.2) is 21.3 Å². The van der Waals surface area contributed by atoms with E-state index in [0.717, 1.165) is 29.9 Å². The van der Waals surface area contributed by atoms with Gasteiger partial charge in [0.05, 0.1) is 6.61 Å². The molecule has 0 bridgehead atoms. The molecule has 3 heteroatoms. The highest BCUT2D eigenvalue weighted by molar-refractivity contribution is 6.58. The van der Waals surface area contributed by atoms with E-state index in [1.54, 1.807) is 43.8 Å². The monoisotopic (exact) mass is 448 g/mol. The summed E-state index contributed by atoms with van der Waals surface area (Å²) in [6.07, 6.45) is 17.1. The molecule has 0 N–H and O–H groups in total. The van der Waals surface area contributed by atoms with Crippen molar-refractivity contribution >= 4 is 20.4 Å². The van der Waals surface area contributed by atoms with Crippen molar-refractivity contribution in [2.24, 2.45) is 17.8 Å². The van der Waals surface area contributed by atoms with Crippen LogP contribution in [-0.2, 0) is 6.42 Å². The second-order valence-electron chi connectivity index (χ2n) is 10.1. The molecule has 1 saturated carbocycles. The summed E-state index contributed by atoms with van der Waals surface area (Å²) in [7, 11) is -0.298. The first kappa shape index (κ1) is 24.2. The number of hydrogen-bond acceptors (Lipinski definition) is 1. The van der Waals surface area contributed by atoms with Crippen LogP contribution in [0.5, 0.6) is 5.75 Å². The summed E-state index contributed by atoms with van der Waals surface area (Å²) < 4.78 is 5.69. The van der Waals surface area contributed by atoms with Crippen molar-refractivity contribution in [3.05, 3.63) is 29.8 Å². The summed E-state index contributed by atoms with van der Waals surface area (Å²) in [5, 5.41) is 0. The van der Waals surface area contributed by atoms with E-state index in [2.05, 4.69) is 31.2 Å². The standard InChI is InChI=1S/C27H45ClOSi/c1-2-20-30-21-16-26(17-22-30)25-12-8-23(9-13-25)6-3-4-7-24-10-14-27(15-11-24)29-19-5-18-28/h10-11,14-15,23,25-26,30H,2-9,12-13,16-22H2,1H3/t23-,25-,26?,30?. The van der Waals surface area contributed by atoms with Crippen LogP contribution >= 0.6 is 11.6 Å². The zero-order valence-electron chi connectivity index (χ0n) is 19.4. The molecule has 1 aromatic rings. The van der Waals surface area contributed by atoms with Gasteiger partial charge in [-0.05, 0) is 67.6 Å². The highest BCUT2D eigenvalue weighted by Gasteiger charge is 2.30. The van der Waals surface area contributed by atoms with E-state index in [-0.39, 0.29) is 8.80 Å². The Hall–Kier alpha value is -0.473. The molecule has 1 nitrogen and oxygen atoms in total. The lowest BCUT2D eigenvalue weighted by Crippen LogP contribution is -2.28. The Morgan fingerprint density at radius 2 is 1.60 bits per heavy atom. The molecular weight excluding hydrogens is 404 g/mol. The van der Waals surface area contributed by atoms with Gasteiger partial charge in [-0.25, -0.2) is 0 Å². The number of benzene rings is 1. The highest BCUT2D eigenvalue weighted by atomic mass is 35.5. The van der Waals surface area contributed by atoms with Gasteiger partial charge in [-0.3, -0.25) is 0 Å². The van der Waals surface area contributed by atoms with Crippen LogP contribution in [0, 0.1) is 17.8 Å². The van der Waals surface area contributed by atoms with E-state index in [1.165, 1.54) is 50.5 Å². The van der Waals surface area contributed by atoms with Gasteiger partial charge in [0, 0.05) is 14.7 Å². The molecule has 30 heavy (non-hydrogen) atoms. The Labute approximate surface area is 192 Å². The molecule has 170 valence electrons. The lowest BCUT2D eigenvalue weighted by Gasteiger charge is -2.37. The average molecular weight is 449 g/mol. The molecule has 1 aromatic carbocycles. The van der Waals surface area contributed by atoms with Crippen molar-refractivity contribution in [2.75, 3.05) is 12.5 Å². The molecule has 1 heterocycles. The number of hydrogen-bond donors (Lipinski definition) is 0. The van der Waals surface area contributed by atoms with Gasteiger partial charge in [-0.2, -0.15) is 0 Å². The summed E-state index contributed by atoms with van der Waals surface area (Å²) in [6.45, 7) is 3.10. The summed E-state index contributed by atoms with van der Waals surface area (Å²) in [6, 6.07) is 13.6. The molecule has 0 amide bonds. The SMILES string of the molecule is CCC[SiH]1CCC([C@H]2CC[C@H](CCCCc3ccc(OCCCCl)cc3)CC2)CC1. The van der Waals surface area contributed by atoms with Crippen LogP contribution in [0.1, 0.15) is 83.1 Å². The van der Waals surface area contributed by atoms with Crippen LogP contribution < -0.4 is 4.74 Å². The van der Waals surface area contributed by atoms with Gasteiger partial charge in [-0.1, -0.05) is 82.1 Å². The number of rotatable bonds is 12. The first-order valence-electron chi connectivity index (χ1n) is 13.1. The molecule has 0 atom stereocenters. The van der Waals surface area contributed by atoms with E-state index in [9.17, 15) is 0 Å². The molecule has 2 fully saturated rings. The number of unbranched alkanes of at least 4 members (excludes halogenated alkanes) is 1. The molecule has 1 aliphatic carbocycles. The fourth-order valence-electron chi connectivity index (χ4n) is 6.06. The molecular formula is C27H45ClOSi. The minimum Gasteiger partial charge on any atom is -0.494 e. The summed E-state index contributed by atoms with van der Waals surface area (Å²) in [5.74, 6) is 4.85. The molecule has 2 aliphatic rings. The first-order chi connectivity index (χ1) is 14.8. The number of aryl methyl sites for hydroxylation is 1. The minimum absolute atomic E-state index is 0.298. The van der Waals surface area contributed by atoms with E-state index < -0.39 is 0 Å². The van der Waals surface area contributed by atoms with Crippen LogP contribution in [0.25, 0.3) is 0 Å². The van der Waals surface area contributed by atoms with Gasteiger partial charge in [-0.15, -0.1) is 11.6 Å². The largest absolute Gasteiger partial charge is 0.494 e. The zero-order valence-corrected chi connectivity index (χ0v) is 21.3. The summed E-state index contributed by atoms with van der Waals surface area (Å²) in [4.78, 5) is 0. The number of alkyl halides is 1. The summed E-state index contributed by atoms with van der Waals surface area (Å²) >= 11 is 5.70. The third kappa shape index (κ3) is 8.23. The normalized spacial score (nSPS) is 27.1. The van der Waals surface area contributed by atoms with Gasteiger partial charge in [0.15, 0.2) is 0 Å². The maximum Gasteiger partial charge on any atom is 0.119 e. The van der Waals surface area contributed by atoms with E-state index in [0.29, 0.717) is 12.5 Å². The maximum atomic E-state index is 5.70. The highest BCUT2D eigenvalue weighted by Crippen LogP contribution is 2.42. The Bertz CT molecular complexity index is 559. The first-order valence-corrected chi connectivity index (χ1v) is 16.0. The van der Waals surface area contributed by atoms with Crippen molar-refractivity contribution in [2.45, 2.75) is 102 Å². The topological polar surface area (TPSA) is 9.23 Å². The molecule has 0 unspecified atom stereocenters.